The standard InChI is InChI=1S/C19H22N4OS/c24-18-17-16(9-11-21-17)23(19(25)22-18)12-13-6-3-4-7-14(13)15-8-2-1-5-10-20-15/h3-4,6-7,9,11,15,20-21H,1-2,5,8,10,12H2,(H,22,24,25)/t15-/m1/s1. The van der Waals surface area contributed by atoms with E-state index in [9.17, 15) is 4.79 Å². The molecule has 0 spiro atoms. The molecule has 0 saturated carbocycles. The SMILES string of the molecule is O=c1[nH]c(=S)n(Cc2ccccc2[C@H]2CCCCCN2)c2cc[nH]c12. The molecule has 4 rings (SSSR count). The molecule has 2 aromatic heterocycles. The van der Waals surface area contributed by atoms with Crippen molar-refractivity contribution < 1.29 is 0 Å². The Balaban J connectivity index is 1.76. The van der Waals surface area contributed by atoms with E-state index in [2.05, 4.69) is 39.6 Å². The van der Waals surface area contributed by atoms with E-state index in [0.29, 0.717) is 22.9 Å². The minimum Gasteiger partial charge on any atom is -0.355 e. The number of aromatic nitrogens is 3. The van der Waals surface area contributed by atoms with Crippen molar-refractivity contribution in [2.75, 3.05) is 6.54 Å². The minimum atomic E-state index is -0.167. The third-order valence-corrected chi connectivity index (χ3v) is 5.35. The van der Waals surface area contributed by atoms with Gasteiger partial charge >= 0.3 is 0 Å². The fraction of sp³-hybridized carbons (Fsp3) is 0.368. The number of hydrogen-bond acceptors (Lipinski definition) is 3. The zero-order valence-corrected chi connectivity index (χ0v) is 14.9. The van der Waals surface area contributed by atoms with Gasteiger partial charge in [-0.05, 0) is 48.8 Å². The van der Waals surface area contributed by atoms with Crippen LogP contribution in [0.15, 0.2) is 41.3 Å². The lowest BCUT2D eigenvalue weighted by atomic mass is 9.96. The van der Waals surface area contributed by atoms with Crippen LogP contribution in [0, 0.1) is 4.77 Å². The predicted molar refractivity (Wildman–Crippen MR) is 102 cm³/mol. The molecule has 1 aliphatic rings. The Bertz CT molecular complexity index is 992. The number of H-pyrrole nitrogens is 2. The summed E-state index contributed by atoms with van der Waals surface area (Å²) >= 11 is 5.43. The maximum Gasteiger partial charge on any atom is 0.276 e. The van der Waals surface area contributed by atoms with Gasteiger partial charge in [-0.2, -0.15) is 0 Å². The van der Waals surface area contributed by atoms with Crippen molar-refractivity contribution in [3.63, 3.8) is 0 Å². The second-order valence-electron chi connectivity index (χ2n) is 6.64. The van der Waals surface area contributed by atoms with E-state index in [1.807, 2.05) is 10.6 Å². The van der Waals surface area contributed by atoms with E-state index in [1.165, 1.54) is 30.4 Å². The van der Waals surface area contributed by atoms with E-state index in [4.69, 9.17) is 12.2 Å². The summed E-state index contributed by atoms with van der Waals surface area (Å²) in [6.45, 7) is 1.72. The van der Waals surface area contributed by atoms with E-state index in [-0.39, 0.29) is 5.56 Å². The van der Waals surface area contributed by atoms with Gasteiger partial charge in [-0.1, -0.05) is 37.1 Å². The Hall–Kier alpha value is -2.18. The van der Waals surface area contributed by atoms with E-state index >= 15 is 0 Å². The van der Waals surface area contributed by atoms with Gasteiger partial charge < -0.3 is 14.9 Å². The van der Waals surface area contributed by atoms with Gasteiger partial charge in [0, 0.05) is 12.2 Å². The van der Waals surface area contributed by atoms with Gasteiger partial charge in [0.25, 0.3) is 5.56 Å². The smallest absolute Gasteiger partial charge is 0.276 e. The van der Waals surface area contributed by atoms with Crippen molar-refractivity contribution in [3.8, 4) is 0 Å². The summed E-state index contributed by atoms with van der Waals surface area (Å²) < 4.78 is 2.46. The Labute approximate surface area is 151 Å². The van der Waals surface area contributed by atoms with Crippen LogP contribution in [0.3, 0.4) is 0 Å². The Morgan fingerprint density at radius 2 is 2.04 bits per heavy atom. The molecule has 3 N–H and O–H groups in total. The fourth-order valence-corrected chi connectivity index (χ4v) is 4.00. The average Bonchev–Trinajstić information content (AvgIpc) is 2.95. The Morgan fingerprint density at radius 1 is 1.16 bits per heavy atom. The van der Waals surface area contributed by atoms with Crippen LogP contribution in [0.5, 0.6) is 0 Å². The number of rotatable bonds is 3. The zero-order chi connectivity index (χ0) is 17.2. The van der Waals surface area contributed by atoms with Gasteiger partial charge in [0.1, 0.15) is 5.52 Å². The summed E-state index contributed by atoms with van der Waals surface area (Å²) in [5.41, 5.74) is 3.82. The first-order valence-electron chi connectivity index (χ1n) is 8.85. The summed E-state index contributed by atoms with van der Waals surface area (Å²) in [7, 11) is 0. The molecule has 0 amide bonds. The predicted octanol–water partition coefficient (Wildman–Crippen LogP) is 3.64. The van der Waals surface area contributed by atoms with Crippen LogP contribution >= 0.6 is 12.2 Å². The molecule has 0 unspecified atom stereocenters. The second-order valence-corrected chi connectivity index (χ2v) is 7.02. The molecule has 130 valence electrons. The highest BCUT2D eigenvalue weighted by molar-refractivity contribution is 7.71. The summed E-state index contributed by atoms with van der Waals surface area (Å²) in [6, 6.07) is 10.8. The molecule has 0 bridgehead atoms. The van der Waals surface area contributed by atoms with Crippen LogP contribution in [0.2, 0.25) is 0 Å². The van der Waals surface area contributed by atoms with E-state index in [1.54, 1.807) is 6.20 Å². The van der Waals surface area contributed by atoms with Crippen molar-refractivity contribution >= 4 is 23.3 Å². The van der Waals surface area contributed by atoms with Crippen LogP contribution < -0.4 is 10.9 Å². The molecule has 3 aromatic rings. The maximum atomic E-state index is 12.0. The normalized spacial score (nSPS) is 18.3. The molecule has 1 saturated heterocycles. The fourth-order valence-electron chi connectivity index (χ4n) is 3.74. The molecule has 25 heavy (non-hydrogen) atoms. The lowest BCUT2D eigenvalue weighted by Gasteiger charge is -2.21. The molecular weight excluding hydrogens is 332 g/mol. The topological polar surface area (TPSA) is 65.6 Å². The molecule has 0 aliphatic carbocycles. The molecule has 1 aliphatic heterocycles. The number of hydrogen-bond donors (Lipinski definition) is 3. The van der Waals surface area contributed by atoms with Gasteiger partial charge in [-0.15, -0.1) is 0 Å². The molecule has 1 atom stereocenters. The number of fused-ring (bicyclic) bond motifs is 1. The maximum absolute atomic E-state index is 12.0. The van der Waals surface area contributed by atoms with Gasteiger partial charge in [0.2, 0.25) is 0 Å². The number of nitrogens with one attached hydrogen (secondary N) is 3. The highest BCUT2D eigenvalue weighted by Gasteiger charge is 2.17. The average molecular weight is 354 g/mol. The van der Waals surface area contributed by atoms with E-state index in [0.717, 1.165) is 18.5 Å². The first-order chi connectivity index (χ1) is 12.2. The van der Waals surface area contributed by atoms with Crippen molar-refractivity contribution in [2.45, 2.75) is 38.3 Å². The number of nitrogens with zero attached hydrogens (tertiary/aromatic N) is 1. The Morgan fingerprint density at radius 3 is 2.96 bits per heavy atom. The summed E-state index contributed by atoms with van der Waals surface area (Å²) in [6.07, 6.45) is 6.73. The first-order valence-corrected chi connectivity index (χ1v) is 9.26. The summed E-state index contributed by atoms with van der Waals surface area (Å²) in [4.78, 5) is 17.8. The first kappa shape index (κ1) is 16.3. The van der Waals surface area contributed by atoms with Crippen molar-refractivity contribution in [1.29, 1.82) is 0 Å². The second kappa shape index (κ2) is 6.98. The third kappa shape index (κ3) is 3.19. The van der Waals surface area contributed by atoms with Gasteiger partial charge in [0.15, 0.2) is 4.77 Å². The van der Waals surface area contributed by atoms with Crippen LogP contribution in [-0.4, -0.2) is 21.1 Å². The molecule has 1 fully saturated rings. The van der Waals surface area contributed by atoms with Gasteiger partial charge in [-0.3, -0.25) is 9.78 Å². The lowest BCUT2D eigenvalue weighted by molar-refractivity contribution is 0.528. The van der Waals surface area contributed by atoms with Crippen LogP contribution in [0.25, 0.3) is 11.0 Å². The highest BCUT2D eigenvalue weighted by atomic mass is 32.1. The van der Waals surface area contributed by atoms with Crippen LogP contribution in [-0.2, 0) is 6.54 Å². The quantitative estimate of drug-likeness (QED) is 0.629. The molecule has 0 radical (unpaired) electrons. The molecule has 1 aromatic carbocycles. The monoisotopic (exact) mass is 354 g/mol. The van der Waals surface area contributed by atoms with Gasteiger partial charge in [-0.25, -0.2) is 0 Å². The zero-order valence-electron chi connectivity index (χ0n) is 14.0. The lowest BCUT2D eigenvalue weighted by Crippen LogP contribution is -2.22. The van der Waals surface area contributed by atoms with Crippen molar-refractivity contribution in [3.05, 3.63) is 62.8 Å². The van der Waals surface area contributed by atoms with Gasteiger partial charge in [0.05, 0.1) is 12.1 Å². The highest BCUT2D eigenvalue weighted by Crippen LogP contribution is 2.26. The third-order valence-electron chi connectivity index (χ3n) is 5.03. The Kier molecular flexibility index (Phi) is 4.55. The molecule has 5 nitrogen and oxygen atoms in total. The largest absolute Gasteiger partial charge is 0.355 e. The number of aromatic amines is 2. The van der Waals surface area contributed by atoms with E-state index < -0.39 is 0 Å². The summed E-state index contributed by atoms with van der Waals surface area (Å²) in [5, 5.41) is 3.68. The minimum absolute atomic E-state index is 0.167. The van der Waals surface area contributed by atoms with Crippen LogP contribution in [0.1, 0.15) is 42.9 Å². The number of benzene rings is 1. The molecule has 3 heterocycles. The molecular formula is C19H22N4OS. The molecule has 6 heteroatoms. The summed E-state index contributed by atoms with van der Waals surface area (Å²) in [5.74, 6) is 0. The van der Waals surface area contributed by atoms with Crippen molar-refractivity contribution in [2.24, 2.45) is 0 Å². The van der Waals surface area contributed by atoms with Crippen LogP contribution in [0.4, 0.5) is 0 Å². The van der Waals surface area contributed by atoms with Crippen molar-refractivity contribution in [1.82, 2.24) is 19.9 Å².